The number of pyridine rings is 1. The minimum absolute atomic E-state index is 0.0991. The summed E-state index contributed by atoms with van der Waals surface area (Å²) in [6, 6.07) is 3.44. The summed E-state index contributed by atoms with van der Waals surface area (Å²) in [6.07, 6.45) is 2.94. The smallest absolute Gasteiger partial charge is 0.178 e. The van der Waals surface area contributed by atoms with Crippen molar-refractivity contribution in [3.05, 3.63) is 28.5 Å². The molecule has 0 N–H and O–H groups in total. The number of carbonyl (C=O) groups is 1. The van der Waals surface area contributed by atoms with Crippen LogP contribution in [-0.4, -0.2) is 10.8 Å². The monoisotopic (exact) mass is 224 g/mol. The van der Waals surface area contributed by atoms with Crippen molar-refractivity contribution in [1.29, 1.82) is 5.26 Å². The first kappa shape index (κ1) is 8.88. The molecule has 3 nitrogen and oxygen atoms in total. The molecule has 0 saturated heterocycles. The average molecular weight is 225 g/mol. The summed E-state index contributed by atoms with van der Waals surface area (Å²) >= 11 is 3.18. The van der Waals surface area contributed by atoms with Gasteiger partial charge in [-0.15, -0.1) is 0 Å². The third kappa shape index (κ3) is 2.14. The van der Waals surface area contributed by atoms with Crippen molar-refractivity contribution in [3.8, 4) is 6.07 Å². The molecule has 60 valence electrons. The molecule has 4 heteroatoms. The van der Waals surface area contributed by atoms with Crippen LogP contribution in [-0.2, 0) is 0 Å². The third-order valence-corrected chi connectivity index (χ3v) is 1.70. The SMILES string of the molecule is N#CCC(=O)c1cncc(Br)c1. The summed E-state index contributed by atoms with van der Waals surface area (Å²) in [5, 5.41) is 8.26. The topological polar surface area (TPSA) is 53.8 Å². The van der Waals surface area contributed by atoms with Crippen LogP contribution in [0.3, 0.4) is 0 Å². The lowest BCUT2D eigenvalue weighted by atomic mass is 10.1. The van der Waals surface area contributed by atoms with Crippen molar-refractivity contribution < 1.29 is 4.79 Å². The fourth-order valence-electron chi connectivity index (χ4n) is 0.738. The molecule has 0 fully saturated rings. The Hall–Kier alpha value is -1.21. The van der Waals surface area contributed by atoms with Crippen LogP contribution in [0.4, 0.5) is 0 Å². The maximum absolute atomic E-state index is 11.1. The van der Waals surface area contributed by atoms with E-state index < -0.39 is 0 Å². The molecule has 0 saturated carbocycles. The number of nitrogens with zero attached hydrogens (tertiary/aromatic N) is 2. The molecule has 0 amide bonds. The van der Waals surface area contributed by atoms with Crippen LogP contribution < -0.4 is 0 Å². The van der Waals surface area contributed by atoms with Gasteiger partial charge in [0, 0.05) is 22.4 Å². The minimum atomic E-state index is -0.202. The second-order valence-corrected chi connectivity index (χ2v) is 3.07. The molecule has 0 atom stereocenters. The Morgan fingerprint density at radius 2 is 2.42 bits per heavy atom. The second kappa shape index (κ2) is 3.98. The molecule has 0 radical (unpaired) electrons. The van der Waals surface area contributed by atoms with Gasteiger partial charge in [-0.1, -0.05) is 0 Å². The number of ketones is 1. The predicted molar refractivity (Wildman–Crippen MR) is 46.5 cm³/mol. The highest BCUT2D eigenvalue weighted by atomic mass is 79.9. The van der Waals surface area contributed by atoms with Crippen molar-refractivity contribution in [1.82, 2.24) is 4.98 Å². The first-order chi connectivity index (χ1) is 5.74. The normalized spacial score (nSPS) is 9.00. The van der Waals surface area contributed by atoms with Gasteiger partial charge in [-0.05, 0) is 22.0 Å². The van der Waals surface area contributed by atoms with E-state index in [9.17, 15) is 4.79 Å². The van der Waals surface area contributed by atoms with Crippen molar-refractivity contribution >= 4 is 21.7 Å². The van der Waals surface area contributed by atoms with Crippen molar-refractivity contribution in [2.45, 2.75) is 6.42 Å². The minimum Gasteiger partial charge on any atom is -0.293 e. The van der Waals surface area contributed by atoms with Crippen molar-refractivity contribution in [2.75, 3.05) is 0 Å². The van der Waals surface area contributed by atoms with Gasteiger partial charge in [0.25, 0.3) is 0 Å². The molecule has 0 spiro atoms. The number of aromatic nitrogens is 1. The van der Waals surface area contributed by atoms with E-state index in [0.717, 1.165) is 4.47 Å². The van der Waals surface area contributed by atoms with E-state index in [2.05, 4.69) is 20.9 Å². The van der Waals surface area contributed by atoms with E-state index in [-0.39, 0.29) is 12.2 Å². The fraction of sp³-hybridized carbons (Fsp3) is 0.125. The number of rotatable bonds is 2. The Labute approximate surface area is 78.2 Å². The van der Waals surface area contributed by atoms with Gasteiger partial charge in [0.15, 0.2) is 5.78 Å². The van der Waals surface area contributed by atoms with E-state index in [4.69, 9.17) is 5.26 Å². The summed E-state index contributed by atoms with van der Waals surface area (Å²) in [6.45, 7) is 0. The first-order valence-corrected chi connectivity index (χ1v) is 4.04. The molecule has 1 heterocycles. The summed E-state index contributed by atoms with van der Waals surface area (Å²) in [5.74, 6) is -0.202. The molecule has 0 bridgehead atoms. The van der Waals surface area contributed by atoms with Crippen molar-refractivity contribution in [2.24, 2.45) is 0 Å². The Kier molecular flexibility index (Phi) is 2.94. The highest BCUT2D eigenvalue weighted by Gasteiger charge is 2.04. The quantitative estimate of drug-likeness (QED) is 0.722. The molecule has 0 aliphatic carbocycles. The number of carbonyl (C=O) groups excluding carboxylic acids is 1. The first-order valence-electron chi connectivity index (χ1n) is 3.24. The van der Waals surface area contributed by atoms with Gasteiger partial charge in [0.05, 0.1) is 12.5 Å². The van der Waals surface area contributed by atoms with Gasteiger partial charge in [0.1, 0.15) is 0 Å². The zero-order valence-electron chi connectivity index (χ0n) is 6.12. The highest BCUT2D eigenvalue weighted by Crippen LogP contribution is 2.10. The van der Waals surface area contributed by atoms with Crippen LogP contribution in [0.15, 0.2) is 22.9 Å². The third-order valence-electron chi connectivity index (χ3n) is 1.27. The van der Waals surface area contributed by atoms with Crippen molar-refractivity contribution in [3.63, 3.8) is 0 Å². The van der Waals surface area contributed by atoms with Crippen LogP contribution in [0.25, 0.3) is 0 Å². The Bertz CT molecular complexity index is 343. The zero-order valence-corrected chi connectivity index (χ0v) is 7.71. The fourth-order valence-corrected chi connectivity index (χ4v) is 1.10. The number of halogens is 1. The van der Waals surface area contributed by atoms with Gasteiger partial charge in [-0.3, -0.25) is 9.78 Å². The Balaban J connectivity index is 2.90. The predicted octanol–water partition coefficient (Wildman–Crippen LogP) is 1.94. The molecule has 1 aromatic rings. The van der Waals surface area contributed by atoms with Gasteiger partial charge in [-0.2, -0.15) is 5.26 Å². The average Bonchev–Trinajstić information content (AvgIpc) is 2.05. The molecule has 0 unspecified atom stereocenters. The molecule has 0 aliphatic rings. The number of hydrogen-bond acceptors (Lipinski definition) is 3. The summed E-state index contributed by atoms with van der Waals surface area (Å²) in [5.41, 5.74) is 0.464. The second-order valence-electron chi connectivity index (χ2n) is 2.15. The maximum atomic E-state index is 11.1. The Morgan fingerprint density at radius 3 is 3.00 bits per heavy atom. The highest BCUT2D eigenvalue weighted by molar-refractivity contribution is 9.10. The lowest BCUT2D eigenvalue weighted by Gasteiger charge is -1.94. The zero-order chi connectivity index (χ0) is 8.97. The lowest BCUT2D eigenvalue weighted by Crippen LogP contribution is -1.97. The van der Waals surface area contributed by atoms with Crippen LogP contribution in [0, 0.1) is 11.3 Å². The van der Waals surface area contributed by atoms with E-state index >= 15 is 0 Å². The summed E-state index contributed by atoms with van der Waals surface area (Å²) < 4.78 is 0.742. The van der Waals surface area contributed by atoms with Gasteiger partial charge < -0.3 is 0 Å². The van der Waals surface area contributed by atoms with E-state index in [0.29, 0.717) is 5.56 Å². The molecule has 12 heavy (non-hydrogen) atoms. The molecule has 1 rings (SSSR count). The Morgan fingerprint density at radius 1 is 1.67 bits per heavy atom. The number of nitriles is 1. The molecular weight excluding hydrogens is 220 g/mol. The van der Waals surface area contributed by atoms with Gasteiger partial charge >= 0.3 is 0 Å². The summed E-state index contributed by atoms with van der Waals surface area (Å²) in [7, 11) is 0. The van der Waals surface area contributed by atoms with E-state index in [1.165, 1.54) is 6.20 Å². The van der Waals surface area contributed by atoms with Crippen LogP contribution in [0.2, 0.25) is 0 Å². The summed E-state index contributed by atoms with van der Waals surface area (Å²) in [4.78, 5) is 14.9. The van der Waals surface area contributed by atoms with Crippen LogP contribution in [0.5, 0.6) is 0 Å². The standard InChI is InChI=1S/C8H5BrN2O/c9-7-3-6(4-11-5-7)8(12)1-2-10/h3-5H,1H2. The van der Waals surface area contributed by atoms with Crippen LogP contribution in [0.1, 0.15) is 16.8 Å². The molecule has 0 aliphatic heterocycles. The maximum Gasteiger partial charge on any atom is 0.178 e. The number of hydrogen-bond donors (Lipinski definition) is 0. The van der Waals surface area contributed by atoms with Crippen LogP contribution >= 0.6 is 15.9 Å². The van der Waals surface area contributed by atoms with E-state index in [1.54, 1.807) is 18.3 Å². The number of Topliss-reactive ketones (excluding diaryl/α,β-unsaturated/α-hetero) is 1. The molecular formula is C8H5BrN2O. The van der Waals surface area contributed by atoms with E-state index in [1.807, 2.05) is 0 Å². The largest absolute Gasteiger partial charge is 0.293 e. The molecule has 1 aromatic heterocycles. The molecule has 0 aromatic carbocycles. The van der Waals surface area contributed by atoms with Gasteiger partial charge in [-0.25, -0.2) is 0 Å². The van der Waals surface area contributed by atoms with Gasteiger partial charge in [0.2, 0.25) is 0 Å². The lowest BCUT2D eigenvalue weighted by molar-refractivity contribution is 0.0997.